The summed E-state index contributed by atoms with van der Waals surface area (Å²) in [7, 11) is 1.73. The molecule has 4 atom stereocenters. The average Bonchev–Trinajstić information content (AvgIpc) is 2.69. The van der Waals surface area contributed by atoms with Crippen LogP contribution in [0.5, 0.6) is 0 Å². The van der Waals surface area contributed by atoms with E-state index < -0.39 is 0 Å². The van der Waals surface area contributed by atoms with Gasteiger partial charge in [-0.15, -0.1) is 0 Å². The predicted molar refractivity (Wildman–Crippen MR) is 59.8 cm³/mol. The molecule has 0 aromatic rings. The van der Waals surface area contributed by atoms with E-state index in [1.165, 1.54) is 19.3 Å². The lowest BCUT2D eigenvalue weighted by atomic mass is 10.0. The fraction of sp³-hybridized carbons (Fsp3) is 0.917. The van der Waals surface area contributed by atoms with Crippen LogP contribution in [0.1, 0.15) is 19.3 Å². The zero-order chi connectivity index (χ0) is 11.3. The molecule has 3 fully saturated rings. The van der Waals surface area contributed by atoms with Crippen LogP contribution in [-0.2, 0) is 0 Å². The molecule has 3 saturated carbocycles. The van der Waals surface area contributed by atoms with Crippen LogP contribution in [0.25, 0.3) is 0 Å². The van der Waals surface area contributed by atoms with Gasteiger partial charge < -0.3 is 15.3 Å². The maximum atomic E-state index is 11.8. The highest BCUT2D eigenvalue weighted by atomic mass is 16.3. The summed E-state index contributed by atoms with van der Waals surface area (Å²) in [6, 6.07) is 0.424. The number of urea groups is 1. The lowest BCUT2D eigenvalue weighted by Crippen LogP contribution is -2.41. The molecule has 3 aliphatic carbocycles. The quantitative estimate of drug-likeness (QED) is 0.740. The minimum Gasteiger partial charge on any atom is -0.395 e. The first kappa shape index (κ1) is 10.4. The van der Waals surface area contributed by atoms with Crippen molar-refractivity contribution in [1.82, 2.24) is 10.2 Å². The number of hydrogen-bond acceptors (Lipinski definition) is 2. The van der Waals surface area contributed by atoms with E-state index in [1.807, 2.05) is 0 Å². The third-order valence-electron chi connectivity index (χ3n) is 4.81. The van der Waals surface area contributed by atoms with Crippen molar-refractivity contribution >= 4 is 6.03 Å². The van der Waals surface area contributed by atoms with Gasteiger partial charge >= 0.3 is 6.03 Å². The molecule has 4 nitrogen and oxygen atoms in total. The molecule has 0 aromatic heterocycles. The summed E-state index contributed by atoms with van der Waals surface area (Å²) < 4.78 is 0. The minimum absolute atomic E-state index is 0.0205. The minimum atomic E-state index is -0.0205. The van der Waals surface area contributed by atoms with Crippen molar-refractivity contribution in [3.63, 3.8) is 0 Å². The standard InChI is InChI=1S/C12H20N2O2/c1-14(4-5-15)12(16)13-11-9-7-2-3-8(6-7)10(9)11/h7-11,15H,2-6H2,1H3,(H,13,16). The Hall–Kier alpha value is -0.770. The van der Waals surface area contributed by atoms with Gasteiger partial charge in [0.25, 0.3) is 0 Å². The van der Waals surface area contributed by atoms with Gasteiger partial charge in [-0.1, -0.05) is 0 Å². The highest BCUT2D eigenvalue weighted by Gasteiger charge is 2.65. The second-order valence-electron chi connectivity index (χ2n) is 5.61. The molecule has 3 aliphatic rings. The molecule has 3 rings (SSSR count). The number of amides is 2. The topological polar surface area (TPSA) is 52.6 Å². The number of carbonyl (C=O) groups excluding carboxylic acids is 1. The van der Waals surface area contributed by atoms with Crippen LogP contribution in [0, 0.1) is 23.7 Å². The summed E-state index contributed by atoms with van der Waals surface area (Å²) in [4.78, 5) is 13.3. The zero-order valence-electron chi connectivity index (χ0n) is 9.72. The fourth-order valence-electron chi connectivity index (χ4n) is 4.02. The number of fused-ring (bicyclic) bond motifs is 5. The molecule has 16 heavy (non-hydrogen) atoms. The first-order valence-corrected chi connectivity index (χ1v) is 6.35. The summed E-state index contributed by atoms with van der Waals surface area (Å²) in [5.41, 5.74) is 0. The van der Waals surface area contributed by atoms with Crippen molar-refractivity contribution in [3.8, 4) is 0 Å². The molecule has 0 aromatic carbocycles. The van der Waals surface area contributed by atoms with Crippen molar-refractivity contribution < 1.29 is 9.90 Å². The molecule has 2 amide bonds. The predicted octanol–water partition coefficient (Wildman–Crippen LogP) is 0.665. The van der Waals surface area contributed by atoms with Gasteiger partial charge in [0, 0.05) is 19.6 Å². The monoisotopic (exact) mass is 224 g/mol. The summed E-state index contributed by atoms with van der Waals surface area (Å²) >= 11 is 0. The van der Waals surface area contributed by atoms with Crippen molar-refractivity contribution in [3.05, 3.63) is 0 Å². The second-order valence-corrected chi connectivity index (χ2v) is 5.61. The van der Waals surface area contributed by atoms with Gasteiger partial charge in [-0.25, -0.2) is 4.79 Å². The van der Waals surface area contributed by atoms with E-state index in [1.54, 1.807) is 11.9 Å². The SMILES string of the molecule is CN(CCO)C(=O)NC1C2C3CCC(C3)C12. The largest absolute Gasteiger partial charge is 0.395 e. The molecule has 4 heteroatoms. The Bertz CT molecular complexity index is 291. The number of likely N-dealkylation sites (N-methyl/N-ethyl adjacent to an activating group) is 1. The van der Waals surface area contributed by atoms with Crippen molar-refractivity contribution in [2.45, 2.75) is 25.3 Å². The van der Waals surface area contributed by atoms with Crippen molar-refractivity contribution in [2.75, 3.05) is 20.2 Å². The average molecular weight is 224 g/mol. The molecule has 0 radical (unpaired) electrons. The molecule has 2 bridgehead atoms. The van der Waals surface area contributed by atoms with Crippen LogP contribution >= 0.6 is 0 Å². The number of aliphatic hydroxyl groups is 1. The normalized spacial score (nSPS) is 43.0. The summed E-state index contributed by atoms with van der Waals surface area (Å²) in [5, 5.41) is 11.9. The van der Waals surface area contributed by atoms with Crippen LogP contribution in [0.3, 0.4) is 0 Å². The van der Waals surface area contributed by atoms with Crippen molar-refractivity contribution in [1.29, 1.82) is 0 Å². The van der Waals surface area contributed by atoms with E-state index in [2.05, 4.69) is 5.32 Å². The Labute approximate surface area is 96.0 Å². The summed E-state index contributed by atoms with van der Waals surface area (Å²) in [5.74, 6) is 3.35. The van der Waals surface area contributed by atoms with E-state index >= 15 is 0 Å². The van der Waals surface area contributed by atoms with Crippen LogP contribution in [0.4, 0.5) is 4.79 Å². The highest BCUT2D eigenvalue weighted by Crippen LogP contribution is 2.65. The van der Waals surface area contributed by atoms with E-state index in [0.717, 1.165) is 23.7 Å². The van der Waals surface area contributed by atoms with Gasteiger partial charge in [0.1, 0.15) is 0 Å². The van der Waals surface area contributed by atoms with E-state index in [9.17, 15) is 4.79 Å². The summed E-state index contributed by atoms with van der Waals surface area (Å²) in [6.07, 6.45) is 4.17. The Morgan fingerprint density at radius 3 is 2.56 bits per heavy atom. The summed E-state index contributed by atoms with van der Waals surface area (Å²) in [6.45, 7) is 0.452. The molecule has 90 valence electrons. The first-order chi connectivity index (χ1) is 7.72. The number of carbonyl (C=O) groups is 1. The molecule has 4 unspecified atom stereocenters. The fourth-order valence-corrected chi connectivity index (χ4v) is 4.02. The van der Waals surface area contributed by atoms with Crippen LogP contribution in [-0.4, -0.2) is 42.3 Å². The lowest BCUT2D eigenvalue weighted by Gasteiger charge is -2.18. The number of hydrogen-bond donors (Lipinski definition) is 2. The molecule has 0 saturated heterocycles. The lowest BCUT2D eigenvalue weighted by molar-refractivity contribution is 0.188. The molecule has 0 heterocycles. The maximum absolute atomic E-state index is 11.8. The molecule has 2 N–H and O–H groups in total. The van der Waals surface area contributed by atoms with E-state index in [-0.39, 0.29) is 12.6 Å². The Morgan fingerprint density at radius 1 is 1.38 bits per heavy atom. The van der Waals surface area contributed by atoms with E-state index in [4.69, 9.17) is 5.11 Å². The van der Waals surface area contributed by atoms with Crippen LogP contribution in [0.15, 0.2) is 0 Å². The molecular weight excluding hydrogens is 204 g/mol. The molecule has 0 aliphatic heterocycles. The van der Waals surface area contributed by atoms with Gasteiger partial charge in [-0.3, -0.25) is 0 Å². The Balaban J connectivity index is 1.53. The second kappa shape index (κ2) is 3.62. The van der Waals surface area contributed by atoms with Gasteiger partial charge in [-0.05, 0) is 42.9 Å². The van der Waals surface area contributed by atoms with Gasteiger partial charge in [-0.2, -0.15) is 0 Å². The Morgan fingerprint density at radius 2 is 2.00 bits per heavy atom. The number of rotatable bonds is 3. The number of nitrogens with one attached hydrogen (secondary N) is 1. The van der Waals surface area contributed by atoms with Crippen LogP contribution in [0.2, 0.25) is 0 Å². The Kier molecular flexibility index (Phi) is 2.35. The van der Waals surface area contributed by atoms with Gasteiger partial charge in [0.2, 0.25) is 0 Å². The zero-order valence-corrected chi connectivity index (χ0v) is 9.72. The molecular formula is C12H20N2O2. The smallest absolute Gasteiger partial charge is 0.317 e. The van der Waals surface area contributed by atoms with Crippen LogP contribution < -0.4 is 5.32 Å². The van der Waals surface area contributed by atoms with Gasteiger partial charge in [0.15, 0.2) is 0 Å². The maximum Gasteiger partial charge on any atom is 0.317 e. The number of aliphatic hydroxyl groups excluding tert-OH is 1. The third kappa shape index (κ3) is 1.43. The van der Waals surface area contributed by atoms with Gasteiger partial charge in [0.05, 0.1) is 6.61 Å². The first-order valence-electron chi connectivity index (χ1n) is 6.35. The highest BCUT2D eigenvalue weighted by molar-refractivity contribution is 5.74. The third-order valence-corrected chi connectivity index (χ3v) is 4.81. The van der Waals surface area contributed by atoms with E-state index in [0.29, 0.717) is 12.6 Å². The number of nitrogens with zero attached hydrogens (tertiary/aromatic N) is 1. The molecule has 0 spiro atoms. The van der Waals surface area contributed by atoms with Crippen molar-refractivity contribution in [2.24, 2.45) is 23.7 Å².